The van der Waals surface area contributed by atoms with Gasteiger partial charge in [0.15, 0.2) is 0 Å². The van der Waals surface area contributed by atoms with Gasteiger partial charge in [-0.25, -0.2) is 22.5 Å². The SMILES string of the molecule is C#CCOc1cccc(Cl)c1C1C=C(c2csc(C3CCN(C(=O)Cn4nc(C(F)F)cc4C(F)F)CC3)n2)NO1. The normalized spacial score (nSPS) is 17.6. The molecule has 5 rings (SSSR count). The number of benzene rings is 1. The van der Waals surface area contributed by atoms with Crippen LogP contribution in [0.15, 0.2) is 35.7 Å². The number of amides is 1. The minimum absolute atomic E-state index is 0.0868. The standard InChI is InChI=1S/C27H24ClF4N5O3S/c1-2-10-39-21-5-3-4-16(28)24(21)22-12-17(35-40-22)19-14-41-27(33-19)15-6-8-36(9-7-15)23(38)13-37-20(26(31)32)11-18(34-37)25(29)30/h1,3-5,11-12,14-15,22,25-26,35H,6-10,13H2. The molecular formula is C27H24ClF4N5O3S. The largest absolute Gasteiger partial charge is 0.481 e. The second-order valence-corrected chi connectivity index (χ2v) is 10.6. The molecule has 2 aliphatic heterocycles. The first-order valence-electron chi connectivity index (χ1n) is 12.6. The van der Waals surface area contributed by atoms with Gasteiger partial charge in [0.1, 0.15) is 36.4 Å². The molecule has 14 heteroatoms. The highest BCUT2D eigenvalue weighted by Gasteiger charge is 2.30. The minimum atomic E-state index is -3.02. The van der Waals surface area contributed by atoms with Crippen LogP contribution in [0, 0.1) is 12.3 Å². The molecule has 1 amide bonds. The number of hydroxylamine groups is 1. The van der Waals surface area contributed by atoms with Gasteiger partial charge in [-0.05, 0) is 37.1 Å². The summed E-state index contributed by atoms with van der Waals surface area (Å²) in [6, 6.07) is 5.90. The minimum Gasteiger partial charge on any atom is -0.481 e. The van der Waals surface area contributed by atoms with Crippen molar-refractivity contribution in [3.05, 3.63) is 68.4 Å². The van der Waals surface area contributed by atoms with E-state index in [4.69, 9.17) is 32.6 Å². The number of aromatic nitrogens is 3. The number of terminal acetylenes is 1. The molecule has 0 radical (unpaired) electrons. The summed E-state index contributed by atoms with van der Waals surface area (Å²) in [4.78, 5) is 24.8. The summed E-state index contributed by atoms with van der Waals surface area (Å²) in [5, 5.41) is 6.77. The van der Waals surface area contributed by atoms with Crippen molar-refractivity contribution in [1.29, 1.82) is 0 Å². The molecule has 0 bridgehead atoms. The lowest BCUT2D eigenvalue weighted by Crippen LogP contribution is -2.40. The molecule has 1 atom stereocenters. The van der Waals surface area contributed by atoms with E-state index in [0.29, 0.717) is 64.4 Å². The molecule has 1 saturated heterocycles. The Bertz CT molecular complexity index is 1480. The van der Waals surface area contributed by atoms with Crippen molar-refractivity contribution in [1.82, 2.24) is 25.1 Å². The number of ether oxygens (including phenoxy) is 1. The maximum atomic E-state index is 13.3. The third-order valence-corrected chi connectivity index (χ3v) is 8.12. The molecule has 2 aliphatic rings. The molecule has 1 fully saturated rings. The van der Waals surface area contributed by atoms with E-state index < -0.39 is 42.8 Å². The first-order chi connectivity index (χ1) is 19.7. The van der Waals surface area contributed by atoms with Crippen molar-refractivity contribution in [2.24, 2.45) is 0 Å². The Morgan fingerprint density at radius 2 is 2.05 bits per heavy atom. The topological polar surface area (TPSA) is 81.5 Å². The second-order valence-electron chi connectivity index (χ2n) is 9.34. The van der Waals surface area contributed by atoms with Gasteiger partial charge in [-0.2, -0.15) is 5.10 Å². The highest BCUT2D eigenvalue weighted by atomic mass is 35.5. The van der Waals surface area contributed by atoms with Crippen LogP contribution in [-0.2, 0) is 16.2 Å². The van der Waals surface area contributed by atoms with E-state index in [-0.39, 0.29) is 12.5 Å². The van der Waals surface area contributed by atoms with Crippen LogP contribution in [0.5, 0.6) is 5.75 Å². The fourth-order valence-corrected chi connectivity index (χ4v) is 5.99. The third-order valence-electron chi connectivity index (χ3n) is 6.78. The van der Waals surface area contributed by atoms with Crippen LogP contribution in [0.4, 0.5) is 17.6 Å². The lowest BCUT2D eigenvalue weighted by atomic mass is 9.97. The highest BCUT2D eigenvalue weighted by Crippen LogP contribution is 2.39. The zero-order valence-electron chi connectivity index (χ0n) is 21.4. The van der Waals surface area contributed by atoms with Gasteiger partial charge in [-0.15, -0.1) is 17.8 Å². The van der Waals surface area contributed by atoms with Crippen molar-refractivity contribution >= 4 is 34.5 Å². The molecular weight excluding hydrogens is 586 g/mol. The first-order valence-corrected chi connectivity index (χ1v) is 13.9. The zero-order chi connectivity index (χ0) is 29.1. The number of hydrogen-bond donors (Lipinski definition) is 1. The Hall–Kier alpha value is -3.60. The Balaban J connectivity index is 1.21. The Labute approximate surface area is 241 Å². The van der Waals surface area contributed by atoms with Crippen LogP contribution in [-0.4, -0.2) is 45.3 Å². The fraction of sp³-hybridized carbons (Fsp3) is 0.370. The summed E-state index contributed by atoms with van der Waals surface area (Å²) in [5.41, 5.74) is 3.43. The van der Waals surface area contributed by atoms with Crippen molar-refractivity contribution in [2.45, 2.75) is 44.3 Å². The molecule has 41 heavy (non-hydrogen) atoms. The average molecular weight is 610 g/mol. The first kappa shape index (κ1) is 28.9. The summed E-state index contributed by atoms with van der Waals surface area (Å²) >= 11 is 7.91. The number of nitrogens with one attached hydrogen (secondary N) is 1. The Morgan fingerprint density at radius 3 is 2.76 bits per heavy atom. The number of hydrogen-bond acceptors (Lipinski definition) is 7. The molecule has 1 N–H and O–H groups in total. The number of carbonyl (C=O) groups excluding carboxylic acids is 1. The van der Waals surface area contributed by atoms with Gasteiger partial charge in [-0.3, -0.25) is 19.8 Å². The molecule has 0 spiro atoms. The van der Waals surface area contributed by atoms with Crippen LogP contribution in [0.3, 0.4) is 0 Å². The number of likely N-dealkylation sites (tertiary alicyclic amines) is 1. The molecule has 4 heterocycles. The van der Waals surface area contributed by atoms with Gasteiger partial charge < -0.3 is 9.64 Å². The van der Waals surface area contributed by atoms with Gasteiger partial charge >= 0.3 is 0 Å². The van der Waals surface area contributed by atoms with E-state index in [0.717, 1.165) is 5.01 Å². The van der Waals surface area contributed by atoms with E-state index in [9.17, 15) is 22.4 Å². The predicted octanol–water partition coefficient (Wildman–Crippen LogP) is 5.90. The van der Waals surface area contributed by atoms with E-state index in [1.807, 2.05) is 11.5 Å². The van der Waals surface area contributed by atoms with Crippen molar-refractivity contribution in [3.63, 3.8) is 0 Å². The second kappa shape index (κ2) is 12.5. The molecule has 2 aromatic heterocycles. The number of halogens is 5. The van der Waals surface area contributed by atoms with Crippen LogP contribution in [0.2, 0.25) is 5.02 Å². The van der Waals surface area contributed by atoms with Crippen molar-refractivity contribution in [3.8, 4) is 18.1 Å². The number of carbonyl (C=O) groups is 1. The van der Waals surface area contributed by atoms with Crippen molar-refractivity contribution in [2.75, 3.05) is 19.7 Å². The van der Waals surface area contributed by atoms with E-state index in [1.54, 1.807) is 18.2 Å². The fourth-order valence-electron chi connectivity index (χ4n) is 4.73. The summed E-state index contributed by atoms with van der Waals surface area (Å²) in [6.45, 7) is 0.318. The Kier molecular flexibility index (Phi) is 8.82. The predicted molar refractivity (Wildman–Crippen MR) is 144 cm³/mol. The molecule has 1 aromatic carbocycles. The van der Waals surface area contributed by atoms with Gasteiger partial charge in [0.2, 0.25) is 5.91 Å². The molecule has 216 valence electrons. The summed E-state index contributed by atoms with van der Waals surface area (Å²) in [7, 11) is 0. The van der Waals surface area contributed by atoms with Gasteiger partial charge in [0.05, 0.1) is 21.4 Å². The highest BCUT2D eigenvalue weighted by molar-refractivity contribution is 7.09. The molecule has 0 aliphatic carbocycles. The third kappa shape index (κ3) is 6.34. The van der Waals surface area contributed by atoms with Crippen LogP contribution >= 0.6 is 22.9 Å². The van der Waals surface area contributed by atoms with Gasteiger partial charge in [-0.1, -0.05) is 23.6 Å². The lowest BCUT2D eigenvalue weighted by Gasteiger charge is -2.31. The lowest BCUT2D eigenvalue weighted by molar-refractivity contribution is -0.133. The number of nitrogens with zero attached hydrogens (tertiary/aromatic N) is 4. The smallest absolute Gasteiger partial charge is 0.282 e. The van der Waals surface area contributed by atoms with E-state index in [2.05, 4.69) is 16.5 Å². The van der Waals surface area contributed by atoms with E-state index in [1.165, 1.54) is 16.2 Å². The van der Waals surface area contributed by atoms with Crippen molar-refractivity contribution < 1.29 is 31.9 Å². The zero-order valence-corrected chi connectivity index (χ0v) is 23.0. The monoisotopic (exact) mass is 609 g/mol. The van der Waals surface area contributed by atoms with Crippen LogP contribution in [0.25, 0.3) is 5.70 Å². The number of alkyl halides is 4. The maximum absolute atomic E-state index is 13.3. The maximum Gasteiger partial charge on any atom is 0.282 e. The molecule has 0 saturated carbocycles. The summed E-state index contributed by atoms with van der Waals surface area (Å²) < 4.78 is 58.7. The van der Waals surface area contributed by atoms with Gasteiger partial charge in [0.25, 0.3) is 12.9 Å². The number of rotatable bonds is 9. The van der Waals surface area contributed by atoms with Crippen LogP contribution < -0.4 is 10.2 Å². The van der Waals surface area contributed by atoms with Gasteiger partial charge in [0, 0.05) is 30.0 Å². The number of piperidine rings is 1. The Morgan fingerprint density at radius 1 is 1.27 bits per heavy atom. The molecule has 1 unspecified atom stereocenters. The summed E-state index contributed by atoms with van der Waals surface area (Å²) in [5.74, 6) is 2.59. The number of thiazole rings is 1. The van der Waals surface area contributed by atoms with E-state index >= 15 is 0 Å². The molecule has 8 nitrogen and oxygen atoms in total. The van der Waals surface area contributed by atoms with Crippen LogP contribution in [0.1, 0.15) is 65.4 Å². The summed E-state index contributed by atoms with van der Waals surface area (Å²) in [6.07, 6.45) is 1.85. The molecule has 3 aromatic rings. The average Bonchev–Trinajstić information content (AvgIpc) is 3.72. The quantitative estimate of drug-likeness (QED) is 0.240.